The monoisotopic (exact) mass is 325 g/mol. The number of aliphatic hydroxyl groups excluding tert-OH is 1. The lowest BCUT2D eigenvalue weighted by molar-refractivity contribution is 0.350. The van der Waals surface area contributed by atoms with E-state index >= 15 is 0 Å². The van der Waals surface area contributed by atoms with Crippen molar-refractivity contribution in [3.05, 3.63) is 29.8 Å². The van der Waals surface area contributed by atoms with Crippen LogP contribution in [0.15, 0.2) is 29.2 Å². The second kappa shape index (κ2) is 7.32. The van der Waals surface area contributed by atoms with Crippen LogP contribution in [-0.4, -0.2) is 37.7 Å². The van der Waals surface area contributed by atoms with Gasteiger partial charge in [-0.15, -0.1) is 0 Å². The van der Waals surface area contributed by atoms with Gasteiger partial charge in [-0.05, 0) is 43.4 Å². The molecule has 1 aromatic carbocycles. The molecular formula is C15H19NO3S2. The maximum absolute atomic E-state index is 12.4. The average molecular weight is 325 g/mol. The van der Waals surface area contributed by atoms with Gasteiger partial charge in [0, 0.05) is 16.9 Å². The molecule has 1 aromatic rings. The number of nitrogens with one attached hydrogen (secondary N) is 1. The van der Waals surface area contributed by atoms with E-state index < -0.39 is 10.0 Å². The molecule has 1 aliphatic rings. The van der Waals surface area contributed by atoms with Gasteiger partial charge in [-0.25, -0.2) is 13.1 Å². The Labute approximate surface area is 130 Å². The fraction of sp³-hybridized carbons (Fsp3) is 0.467. The predicted octanol–water partition coefficient (Wildman–Crippen LogP) is 1.59. The van der Waals surface area contributed by atoms with E-state index in [1.807, 2.05) is 6.26 Å². The number of sulfonamides is 1. The van der Waals surface area contributed by atoms with Gasteiger partial charge < -0.3 is 5.11 Å². The first kappa shape index (κ1) is 16.4. The lowest BCUT2D eigenvalue weighted by Crippen LogP contribution is -2.38. The van der Waals surface area contributed by atoms with E-state index in [4.69, 9.17) is 5.11 Å². The van der Waals surface area contributed by atoms with Crippen molar-refractivity contribution < 1.29 is 13.5 Å². The van der Waals surface area contributed by atoms with Crippen molar-refractivity contribution in [1.82, 2.24) is 4.72 Å². The zero-order chi connectivity index (χ0) is 15.3. The zero-order valence-electron chi connectivity index (χ0n) is 11.9. The summed E-state index contributed by atoms with van der Waals surface area (Å²) in [5.74, 6) is 5.28. The van der Waals surface area contributed by atoms with Crippen molar-refractivity contribution in [3.63, 3.8) is 0 Å². The summed E-state index contributed by atoms with van der Waals surface area (Å²) < 4.78 is 27.6. The Morgan fingerprint density at radius 3 is 2.67 bits per heavy atom. The van der Waals surface area contributed by atoms with Crippen LogP contribution >= 0.6 is 11.8 Å². The summed E-state index contributed by atoms with van der Waals surface area (Å²) in [6, 6.07) is 6.41. The van der Waals surface area contributed by atoms with Crippen LogP contribution in [-0.2, 0) is 10.0 Å². The summed E-state index contributed by atoms with van der Waals surface area (Å²) in [4.78, 5) is 0.254. The molecule has 2 rings (SSSR count). The lowest BCUT2D eigenvalue weighted by atomic mass is 10.2. The van der Waals surface area contributed by atoms with E-state index in [2.05, 4.69) is 16.6 Å². The van der Waals surface area contributed by atoms with Crippen LogP contribution in [0, 0.1) is 11.8 Å². The number of rotatable bonds is 4. The van der Waals surface area contributed by atoms with Gasteiger partial charge >= 0.3 is 0 Å². The molecule has 1 aliphatic carbocycles. The summed E-state index contributed by atoms with van der Waals surface area (Å²) in [5, 5.41) is 8.99. The first-order valence-electron chi connectivity index (χ1n) is 6.82. The van der Waals surface area contributed by atoms with Crippen molar-refractivity contribution >= 4 is 21.8 Å². The fourth-order valence-corrected chi connectivity index (χ4v) is 4.80. The molecule has 2 atom stereocenters. The Bertz CT molecular complexity index is 629. The third-order valence-electron chi connectivity index (χ3n) is 3.54. The summed E-state index contributed by atoms with van der Waals surface area (Å²) in [7, 11) is -3.48. The quantitative estimate of drug-likeness (QED) is 0.825. The molecule has 0 aromatic heterocycles. The van der Waals surface area contributed by atoms with Crippen molar-refractivity contribution in [1.29, 1.82) is 0 Å². The minimum atomic E-state index is -3.48. The molecular weight excluding hydrogens is 306 g/mol. The molecule has 2 unspecified atom stereocenters. The van der Waals surface area contributed by atoms with Gasteiger partial charge in [-0.1, -0.05) is 18.3 Å². The maximum atomic E-state index is 12.4. The molecule has 0 aliphatic heterocycles. The van der Waals surface area contributed by atoms with Crippen molar-refractivity contribution in [2.24, 2.45) is 0 Å². The molecule has 21 heavy (non-hydrogen) atoms. The van der Waals surface area contributed by atoms with Crippen molar-refractivity contribution in [2.75, 3.05) is 12.9 Å². The first-order chi connectivity index (χ1) is 10.1. The third-order valence-corrected chi connectivity index (χ3v) is 6.21. The smallest absolute Gasteiger partial charge is 0.240 e. The van der Waals surface area contributed by atoms with Gasteiger partial charge in [-0.2, -0.15) is 11.8 Å². The van der Waals surface area contributed by atoms with E-state index in [1.165, 1.54) is 0 Å². The van der Waals surface area contributed by atoms with E-state index in [9.17, 15) is 8.42 Å². The van der Waals surface area contributed by atoms with Crippen LogP contribution in [0.5, 0.6) is 0 Å². The summed E-state index contributed by atoms with van der Waals surface area (Å²) in [6.45, 7) is -0.209. The van der Waals surface area contributed by atoms with Crippen LogP contribution in [0.25, 0.3) is 0 Å². The molecule has 0 radical (unpaired) electrons. The van der Waals surface area contributed by atoms with Gasteiger partial charge in [0.2, 0.25) is 10.0 Å². The van der Waals surface area contributed by atoms with Gasteiger partial charge in [0.1, 0.15) is 6.61 Å². The van der Waals surface area contributed by atoms with Crippen LogP contribution in [0.1, 0.15) is 24.8 Å². The predicted molar refractivity (Wildman–Crippen MR) is 85.7 cm³/mol. The minimum absolute atomic E-state index is 0.0128. The molecule has 0 heterocycles. The van der Waals surface area contributed by atoms with E-state index in [0.29, 0.717) is 10.8 Å². The first-order valence-corrected chi connectivity index (χ1v) is 9.59. The minimum Gasteiger partial charge on any atom is -0.384 e. The Balaban J connectivity index is 2.12. The van der Waals surface area contributed by atoms with Gasteiger partial charge in [0.25, 0.3) is 0 Å². The van der Waals surface area contributed by atoms with E-state index in [1.54, 1.807) is 36.0 Å². The molecule has 0 spiro atoms. The summed E-state index contributed by atoms with van der Waals surface area (Å²) in [6.07, 6.45) is 5.04. The lowest BCUT2D eigenvalue weighted by Gasteiger charge is -2.19. The topological polar surface area (TPSA) is 66.4 Å². The SMILES string of the molecule is CSC1CCCC1NS(=O)(=O)c1ccc(C#CCO)cc1. The second-order valence-corrected chi connectivity index (χ2v) is 7.71. The van der Waals surface area contributed by atoms with Crippen LogP contribution < -0.4 is 4.72 Å². The molecule has 1 fully saturated rings. The van der Waals surface area contributed by atoms with Crippen LogP contribution in [0.4, 0.5) is 0 Å². The largest absolute Gasteiger partial charge is 0.384 e. The van der Waals surface area contributed by atoms with E-state index in [0.717, 1.165) is 19.3 Å². The molecule has 0 amide bonds. The average Bonchev–Trinajstić information content (AvgIpc) is 2.92. The summed E-state index contributed by atoms with van der Waals surface area (Å²) in [5.41, 5.74) is 0.686. The second-order valence-electron chi connectivity index (χ2n) is 4.92. The highest BCUT2D eigenvalue weighted by Gasteiger charge is 2.30. The molecule has 1 saturated carbocycles. The van der Waals surface area contributed by atoms with Crippen molar-refractivity contribution in [2.45, 2.75) is 35.4 Å². The molecule has 6 heteroatoms. The highest BCUT2D eigenvalue weighted by Crippen LogP contribution is 2.29. The molecule has 4 nitrogen and oxygen atoms in total. The third kappa shape index (κ3) is 4.24. The van der Waals surface area contributed by atoms with Gasteiger partial charge in [0.15, 0.2) is 0 Å². The maximum Gasteiger partial charge on any atom is 0.240 e. The molecule has 0 bridgehead atoms. The molecule has 2 N–H and O–H groups in total. The van der Waals surface area contributed by atoms with Crippen LogP contribution in [0.3, 0.4) is 0 Å². The highest BCUT2D eigenvalue weighted by molar-refractivity contribution is 7.99. The number of benzene rings is 1. The molecule has 114 valence electrons. The highest BCUT2D eigenvalue weighted by atomic mass is 32.2. The normalized spacial score (nSPS) is 21.8. The van der Waals surface area contributed by atoms with Crippen LogP contribution in [0.2, 0.25) is 0 Å². The Kier molecular flexibility index (Phi) is 5.71. The Hall–Kier alpha value is -1.00. The Morgan fingerprint density at radius 1 is 1.33 bits per heavy atom. The Morgan fingerprint density at radius 2 is 2.05 bits per heavy atom. The number of hydrogen-bond donors (Lipinski definition) is 2. The summed E-state index contributed by atoms with van der Waals surface area (Å²) >= 11 is 1.72. The van der Waals surface area contributed by atoms with Gasteiger partial charge in [-0.3, -0.25) is 0 Å². The molecule has 0 saturated heterocycles. The van der Waals surface area contributed by atoms with Gasteiger partial charge in [0.05, 0.1) is 4.90 Å². The van der Waals surface area contributed by atoms with Crippen molar-refractivity contribution in [3.8, 4) is 11.8 Å². The number of hydrogen-bond acceptors (Lipinski definition) is 4. The van der Waals surface area contributed by atoms with E-state index in [-0.39, 0.29) is 17.5 Å². The number of aliphatic hydroxyl groups is 1. The standard InChI is InChI=1S/C15H19NO3S2/c1-20-15-6-2-5-14(15)16-21(18,19)13-9-7-12(8-10-13)4-3-11-17/h7-10,14-17H,2,5-6,11H2,1H3. The number of thioether (sulfide) groups is 1. The zero-order valence-corrected chi connectivity index (χ0v) is 13.5. The fourth-order valence-electron chi connectivity index (χ4n) is 2.47.